The average Bonchev–Trinajstić information content (AvgIpc) is 2.96. The quantitative estimate of drug-likeness (QED) is 0.818. The van der Waals surface area contributed by atoms with Gasteiger partial charge in [0, 0.05) is 36.2 Å². The summed E-state index contributed by atoms with van der Waals surface area (Å²) in [6, 6.07) is 14.6. The summed E-state index contributed by atoms with van der Waals surface area (Å²) in [6.45, 7) is 2.02. The number of hydrogen-bond donors (Lipinski definition) is 1. The van der Waals surface area contributed by atoms with E-state index in [1.165, 1.54) is 0 Å². The highest BCUT2D eigenvalue weighted by Crippen LogP contribution is 2.16. The first kappa shape index (κ1) is 18.5. The highest BCUT2D eigenvalue weighted by atomic mass is 35.5. The van der Waals surface area contributed by atoms with E-state index in [-0.39, 0.29) is 18.5 Å². The molecule has 0 saturated carbocycles. The highest BCUT2D eigenvalue weighted by molar-refractivity contribution is 6.31. The number of nitrogens with zero attached hydrogens (tertiary/aromatic N) is 2. The predicted molar refractivity (Wildman–Crippen MR) is 102 cm³/mol. The van der Waals surface area contributed by atoms with Crippen molar-refractivity contribution in [3.63, 3.8) is 0 Å². The Labute approximate surface area is 162 Å². The van der Waals surface area contributed by atoms with E-state index in [1.54, 1.807) is 28.0 Å². The van der Waals surface area contributed by atoms with Crippen LogP contribution in [0.15, 0.2) is 48.5 Å². The van der Waals surface area contributed by atoms with Crippen molar-refractivity contribution >= 4 is 35.1 Å². The maximum atomic E-state index is 12.5. The lowest BCUT2D eigenvalue weighted by Gasteiger charge is -2.18. The van der Waals surface area contributed by atoms with Gasteiger partial charge in [0.05, 0.1) is 0 Å². The van der Waals surface area contributed by atoms with Gasteiger partial charge in [0.1, 0.15) is 6.54 Å². The summed E-state index contributed by atoms with van der Waals surface area (Å²) in [4.78, 5) is 27.9. The molecule has 0 atom stereocenters. The van der Waals surface area contributed by atoms with E-state index < -0.39 is 0 Å². The first-order chi connectivity index (χ1) is 12.5. The molecule has 0 bridgehead atoms. The minimum atomic E-state index is -0.202. The van der Waals surface area contributed by atoms with E-state index in [2.05, 4.69) is 5.32 Å². The average molecular weight is 392 g/mol. The van der Waals surface area contributed by atoms with Gasteiger partial charge < -0.3 is 15.1 Å². The molecule has 0 radical (unpaired) electrons. The molecular formula is C19H19Cl2N3O2. The molecule has 0 aromatic heterocycles. The predicted octanol–water partition coefficient (Wildman–Crippen LogP) is 3.55. The number of carbonyl (C=O) groups is 2. The van der Waals surface area contributed by atoms with Crippen LogP contribution >= 0.6 is 23.2 Å². The largest absolute Gasteiger partial charge is 0.350 e. The zero-order valence-corrected chi connectivity index (χ0v) is 15.6. The highest BCUT2D eigenvalue weighted by Gasteiger charge is 2.29. The second-order valence-corrected chi connectivity index (χ2v) is 6.96. The molecule has 1 saturated heterocycles. The maximum Gasteiger partial charge on any atom is 0.320 e. The lowest BCUT2D eigenvalue weighted by molar-refractivity contribution is -0.121. The number of rotatable bonds is 6. The van der Waals surface area contributed by atoms with E-state index >= 15 is 0 Å². The number of amides is 3. The van der Waals surface area contributed by atoms with Crippen molar-refractivity contribution in [2.24, 2.45) is 0 Å². The zero-order valence-electron chi connectivity index (χ0n) is 14.1. The van der Waals surface area contributed by atoms with Crippen molar-refractivity contribution in [1.82, 2.24) is 15.1 Å². The van der Waals surface area contributed by atoms with Gasteiger partial charge >= 0.3 is 6.03 Å². The molecule has 2 aromatic carbocycles. The van der Waals surface area contributed by atoms with E-state index in [9.17, 15) is 9.59 Å². The van der Waals surface area contributed by atoms with Crippen LogP contribution in [0.1, 0.15) is 11.1 Å². The third-order valence-corrected chi connectivity index (χ3v) is 4.86. The lowest BCUT2D eigenvalue weighted by Crippen LogP contribution is -2.39. The first-order valence-corrected chi connectivity index (χ1v) is 9.07. The van der Waals surface area contributed by atoms with Gasteiger partial charge in [-0.05, 0) is 29.3 Å². The van der Waals surface area contributed by atoms with E-state index in [0.717, 1.165) is 11.1 Å². The van der Waals surface area contributed by atoms with Crippen molar-refractivity contribution in [3.8, 4) is 0 Å². The second kappa shape index (κ2) is 8.43. The number of nitrogens with one attached hydrogen (secondary N) is 1. The van der Waals surface area contributed by atoms with Crippen LogP contribution in [0.2, 0.25) is 10.0 Å². The standard InChI is InChI=1S/C19H19Cl2N3O2/c20-16-7-5-14(6-8-16)12-23-9-10-24(19(23)26)13-18(25)22-11-15-3-1-2-4-17(15)21/h1-8H,9-13H2,(H,22,25). The second-order valence-electron chi connectivity index (χ2n) is 6.12. The van der Waals surface area contributed by atoms with Crippen LogP contribution in [0, 0.1) is 0 Å². The van der Waals surface area contributed by atoms with Crippen molar-refractivity contribution in [2.75, 3.05) is 19.6 Å². The van der Waals surface area contributed by atoms with Crippen LogP contribution in [0.5, 0.6) is 0 Å². The fraction of sp³-hybridized carbons (Fsp3) is 0.263. The molecule has 26 heavy (non-hydrogen) atoms. The molecule has 5 nitrogen and oxygen atoms in total. The van der Waals surface area contributed by atoms with Gasteiger partial charge in [0.15, 0.2) is 0 Å². The van der Waals surface area contributed by atoms with Gasteiger partial charge in [-0.1, -0.05) is 53.5 Å². The Hall–Kier alpha value is -2.24. The summed E-state index contributed by atoms with van der Waals surface area (Å²) in [5, 5.41) is 4.08. The molecule has 1 fully saturated rings. The molecule has 0 aliphatic carbocycles. The van der Waals surface area contributed by atoms with Crippen LogP contribution in [0.3, 0.4) is 0 Å². The van der Waals surface area contributed by atoms with Gasteiger partial charge in [-0.2, -0.15) is 0 Å². The summed E-state index contributed by atoms with van der Waals surface area (Å²) in [5.41, 5.74) is 1.85. The van der Waals surface area contributed by atoms with Crippen molar-refractivity contribution in [1.29, 1.82) is 0 Å². The molecule has 1 aliphatic heterocycles. The van der Waals surface area contributed by atoms with Crippen LogP contribution in [-0.2, 0) is 17.9 Å². The molecule has 1 N–H and O–H groups in total. The molecule has 3 amide bonds. The number of halogens is 2. The number of urea groups is 1. The van der Waals surface area contributed by atoms with Gasteiger partial charge in [-0.3, -0.25) is 4.79 Å². The molecule has 1 aliphatic rings. The minimum Gasteiger partial charge on any atom is -0.350 e. The monoisotopic (exact) mass is 391 g/mol. The number of carbonyl (C=O) groups excluding carboxylic acids is 2. The summed E-state index contributed by atoms with van der Waals surface area (Å²) in [5.74, 6) is -0.202. The summed E-state index contributed by atoms with van der Waals surface area (Å²) < 4.78 is 0. The molecule has 136 valence electrons. The van der Waals surface area contributed by atoms with Crippen LogP contribution in [0.4, 0.5) is 4.79 Å². The maximum absolute atomic E-state index is 12.5. The Morgan fingerprint density at radius 3 is 2.42 bits per heavy atom. The summed E-state index contributed by atoms with van der Waals surface area (Å²) in [6.07, 6.45) is 0. The van der Waals surface area contributed by atoms with Crippen molar-refractivity contribution in [3.05, 3.63) is 69.7 Å². The molecule has 3 rings (SSSR count). The smallest absolute Gasteiger partial charge is 0.320 e. The Kier molecular flexibility index (Phi) is 6.01. The Balaban J connectivity index is 1.49. The van der Waals surface area contributed by atoms with Crippen molar-refractivity contribution in [2.45, 2.75) is 13.1 Å². The number of hydrogen-bond acceptors (Lipinski definition) is 2. The molecule has 0 unspecified atom stereocenters. The van der Waals surface area contributed by atoms with E-state index in [1.807, 2.05) is 30.3 Å². The van der Waals surface area contributed by atoms with Crippen LogP contribution < -0.4 is 5.32 Å². The van der Waals surface area contributed by atoms with Crippen molar-refractivity contribution < 1.29 is 9.59 Å². The first-order valence-electron chi connectivity index (χ1n) is 8.31. The van der Waals surface area contributed by atoms with Gasteiger partial charge in [0.25, 0.3) is 0 Å². The lowest BCUT2D eigenvalue weighted by atomic mass is 10.2. The van der Waals surface area contributed by atoms with Gasteiger partial charge in [-0.15, -0.1) is 0 Å². The third-order valence-electron chi connectivity index (χ3n) is 4.24. The SMILES string of the molecule is O=C(CN1CCN(Cc2ccc(Cl)cc2)C1=O)NCc1ccccc1Cl. The number of benzene rings is 2. The zero-order chi connectivity index (χ0) is 18.5. The normalized spacial score (nSPS) is 14.0. The van der Waals surface area contributed by atoms with Gasteiger partial charge in [-0.25, -0.2) is 4.79 Å². The van der Waals surface area contributed by atoms with Crippen LogP contribution in [-0.4, -0.2) is 41.4 Å². The third kappa shape index (κ3) is 4.68. The molecule has 2 aromatic rings. The minimum absolute atomic E-state index is 0.0421. The molecule has 0 spiro atoms. The van der Waals surface area contributed by atoms with Crippen LogP contribution in [0.25, 0.3) is 0 Å². The van der Waals surface area contributed by atoms with E-state index in [4.69, 9.17) is 23.2 Å². The van der Waals surface area contributed by atoms with Gasteiger partial charge in [0.2, 0.25) is 5.91 Å². The fourth-order valence-corrected chi connectivity index (χ4v) is 3.13. The molecule has 7 heteroatoms. The molecular weight excluding hydrogens is 373 g/mol. The molecule has 1 heterocycles. The Bertz CT molecular complexity index is 796. The van der Waals surface area contributed by atoms with E-state index in [0.29, 0.717) is 36.2 Å². The Morgan fingerprint density at radius 2 is 1.69 bits per heavy atom. The summed E-state index contributed by atoms with van der Waals surface area (Å²) >= 11 is 12.0. The summed E-state index contributed by atoms with van der Waals surface area (Å²) in [7, 11) is 0. The fourth-order valence-electron chi connectivity index (χ4n) is 2.80. The topological polar surface area (TPSA) is 52.7 Å². The Morgan fingerprint density at radius 1 is 1.00 bits per heavy atom.